The van der Waals surface area contributed by atoms with Crippen LogP contribution in [0, 0.1) is 5.92 Å². The molecule has 23 heavy (non-hydrogen) atoms. The number of furan rings is 1. The van der Waals surface area contributed by atoms with E-state index in [-0.39, 0.29) is 11.8 Å². The molecule has 2 aromatic rings. The summed E-state index contributed by atoms with van der Waals surface area (Å²) in [6.07, 6.45) is 4.48. The molecule has 3 rings (SSSR count). The van der Waals surface area contributed by atoms with Crippen LogP contribution >= 0.6 is 11.3 Å². The largest absolute Gasteiger partial charge is 0.438 e. The third kappa shape index (κ3) is 3.65. The predicted octanol–water partition coefficient (Wildman–Crippen LogP) is 2.65. The van der Waals surface area contributed by atoms with Gasteiger partial charge in [-0.05, 0) is 42.3 Å². The molecule has 0 unspecified atom stereocenters. The minimum Gasteiger partial charge on any atom is -0.438 e. The van der Waals surface area contributed by atoms with Gasteiger partial charge in [-0.1, -0.05) is 18.9 Å². The van der Waals surface area contributed by atoms with Crippen molar-refractivity contribution in [3.05, 3.63) is 40.3 Å². The van der Waals surface area contributed by atoms with Crippen LogP contribution < -0.4 is 10.5 Å². The molecule has 1 aliphatic carbocycles. The van der Waals surface area contributed by atoms with Crippen molar-refractivity contribution in [1.82, 2.24) is 5.32 Å². The van der Waals surface area contributed by atoms with E-state index >= 15 is 0 Å². The summed E-state index contributed by atoms with van der Waals surface area (Å²) >= 11 is 1.60. The fraction of sp³-hybridized carbons (Fsp3) is 0.400. The van der Waals surface area contributed by atoms with Crippen LogP contribution in [0.4, 0.5) is 0 Å². The summed E-state index contributed by atoms with van der Waals surface area (Å²) < 4.78 is 27.6. The Hall–Kier alpha value is -1.64. The molecule has 0 bridgehead atoms. The highest BCUT2D eigenvalue weighted by molar-refractivity contribution is 7.89. The van der Waals surface area contributed by atoms with Crippen molar-refractivity contribution in [2.24, 2.45) is 11.1 Å². The van der Waals surface area contributed by atoms with Gasteiger partial charge in [0.2, 0.25) is 5.09 Å². The van der Waals surface area contributed by atoms with Gasteiger partial charge in [-0.3, -0.25) is 4.79 Å². The maximum absolute atomic E-state index is 12.4. The Morgan fingerprint density at radius 2 is 2.04 bits per heavy atom. The van der Waals surface area contributed by atoms with Gasteiger partial charge < -0.3 is 9.73 Å². The number of carbonyl (C=O) groups is 1. The van der Waals surface area contributed by atoms with E-state index in [2.05, 4.69) is 5.32 Å². The minimum atomic E-state index is -3.95. The highest BCUT2D eigenvalue weighted by Gasteiger charge is 2.29. The fourth-order valence-corrected chi connectivity index (χ4v) is 4.32. The van der Waals surface area contributed by atoms with Crippen LogP contribution in [-0.2, 0) is 10.0 Å². The van der Waals surface area contributed by atoms with Crippen molar-refractivity contribution in [1.29, 1.82) is 0 Å². The first-order valence-electron chi connectivity index (χ1n) is 7.42. The van der Waals surface area contributed by atoms with Crippen LogP contribution in [0.15, 0.2) is 39.2 Å². The minimum absolute atomic E-state index is 0.0476. The summed E-state index contributed by atoms with van der Waals surface area (Å²) in [5, 5.41) is 9.56. The van der Waals surface area contributed by atoms with Crippen molar-refractivity contribution in [2.75, 3.05) is 0 Å². The lowest BCUT2D eigenvalue weighted by Crippen LogP contribution is -2.32. The Bertz CT molecular complexity index is 774. The Kier molecular flexibility index (Phi) is 4.56. The third-order valence-electron chi connectivity index (χ3n) is 4.09. The van der Waals surface area contributed by atoms with Crippen LogP contribution in [0.2, 0.25) is 0 Å². The first-order chi connectivity index (χ1) is 10.9. The Labute approximate surface area is 138 Å². The number of hydrogen-bond acceptors (Lipinski definition) is 5. The average Bonchev–Trinajstić information content (AvgIpc) is 3.25. The molecule has 0 spiro atoms. The van der Waals surface area contributed by atoms with E-state index in [1.165, 1.54) is 25.0 Å². The predicted molar refractivity (Wildman–Crippen MR) is 86.6 cm³/mol. The molecule has 0 saturated heterocycles. The number of primary sulfonamides is 1. The third-order valence-corrected chi connectivity index (χ3v) is 5.83. The number of carbonyl (C=O) groups excluding carboxylic acids is 1. The normalized spacial score (nSPS) is 17.3. The number of amides is 1. The van der Waals surface area contributed by atoms with Crippen molar-refractivity contribution in [2.45, 2.75) is 36.8 Å². The molecule has 0 aliphatic heterocycles. The molecular formula is C15H18N2O4S2. The average molecular weight is 354 g/mol. The Balaban J connectivity index is 1.79. The number of nitrogens with two attached hydrogens (primary N) is 1. The molecular weight excluding hydrogens is 336 g/mol. The lowest BCUT2D eigenvalue weighted by molar-refractivity contribution is 0.0889. The van der Waals surface area contributed by atoms with Crippen molar-refractivity contribution in [3.63, 3.8) is 0 Å². The summed E-state index contributed by atoms with van der Waals surface area (Å²) in [6, 6.07) is 6.41. The summed E-state index contributed by atoms with van der Waals surface area (Å²) in [5.41, 5.74) is 0. The molecule has 0 aromatic carbocycles. The van der Waals surface area contributed by atoms with Gasteiger partial charge in [-0.25, -0.2) is 13.6 Å². The molecule has 0 radical (unpaired) electrons. The topological polar surface area (TPSA) is 102 Å². The van der Waals surface area contributed by atoms with E-state index in [0.717, 1.165) is 17.7 Å². The number of rotatable bonds is 5. The SMILES string of the molecule is NS(=O)(=O)c1ccc(C(=O)N[C@@H](c2cccs2)C2CCCC2)o1. The van der Waals surface area contributed by atoms with Crippen LogP contribution in [0.3, 0.4) is 0 Å². The van der Waals surface area contributed by atoms with E-state index < -0.39 is 21.0 Å². The first-order valence-corrected chi connectivity index (χ1v) is 9.84. The molecule has 1 saturated carbocycles. The van der Waals surface area contributed by atoms with Crippen LogP contribution in [-0.4, -0.2) is 14.3 Å². The molecule has 1 amide bonds. The molecule has 1 fully saturated rings. The van der Waals surface area contributed by atoms with Crippen LogP contribution in [0.1, 0.15) is 47.2 Å². The molecule has 8 heteroatoms. The molecule has 1 atom stereocenters. The number of nitrogens with one attached hydrogen (secondary N) is 1. The van der Waals surface area contributed by atoms with E-state index in [1.54, 1.807) is 11.3 Å². The Morgan fingerprint density at radius 1 is 1.30 bits per heavy atom. The molecule has 2 aromatic heterocycles. The number of thiophene rings is 1. The zero-order valence-corrected chi connectivity index (χ0v) is 14.0. The second-order valence-electron chi connectivity index (χ2n) is 5.67. The summed E-state index contributed by atoms with van der Waals surface area (Å²) in [5.74, 6) is -0.0796. The maximum atomic E-state index is 12.4. The first kappa shape index (κ1) is 16.2. The van der Waals surface area contributed by atoms with Crippen LogP contribution in [0.5, 0.6) is 0 Å². The van der Waals surface area contributed by atoms with Gasteiger partial charge in [0.1, 0.15) is 0 Å². The maximum Gasteiger partial charge on any atom is 0.287 e. The fourth-order valence-electron chi connectivity index (χ4n) is 2.99. The second kappa shape index (κ2) is 6.46. The van der Waals surface area contributed by atoms with E-state index in [9.17, 15) is 13.2 Å². The number of sulfonamides is 1. The molecule has 6 nitrogen and oxygen atoms in total. The monoisotopic (exact) mass is 354 g/mol. The zero-order valence-electron chi connectivity index (χ0n) is 12.4. The zero-order chi connectivity index (χ0) is 16.4. The van der Waals surface area contributed by atoms with Gasteiger partial charge in [0.05, 0.1) is 6.04 Å². The lowest BCUT2D eigenvalue weighted by atomic mass is 9.96. The molecule has 1 aliphatic rings. The van der Waals surface area contributed by atoms with Gasteiger partial charge in [0.15, 0.2) is 5.76 Å². The van der Waals surface area contributed by atoms with Gasteiger partial charge in [-0.15, -0.1) is 11.3 Å². The lowest BCUT2D eigenvalue weighted by Gasteiger charge is -2.23. The summed E-state index contributed by atoms with van der Waals surface area (Å²) in [6.45, 7) is 0. The quantitative estimate of drug-likeness (QED) is 0.861. The van der Waals surface area contributed by atoms with Gasteiger partial charge >= 0.3 is 0 Å². The highest BCUT2D eigenvalue weighted by atomic mass is 32.2. The van der Waals surface area contributed by atoms with E-state index in [0.29, 0.717) is 5.92 Å². The van der Waals surface area contributed by atoms with E-state index in [4.69, 9.17) is 9.56 Å². The Morgan fingerprint density at radius 3 is 2.61 bits per heavy atom. The summed E-state index contributed by atoms with van der Waals surface area (Å²) in [4.78, 5) is 13.5. The van der Waals surface area contributed by atoms with Crippen LogP contribution in [0.25, 0.3) is 0 Å². The van der Waals surface area contributed by atoms with Crippen molar-refractivity contribution >= 4 is 27.3 Å². The van der Waals surface area contributed by atoms with Crippen molar-refractivity contribution in [3.8, 4) is 0 Å². The molecule has 3 N–H and O–H groups in total. The molecule has 124 valence electrons. The highest BCUT2D eigenvalue weighted by Crippen LogP contribution is 2.37. The molecule has 2 heterocycles. The van der Waals surface area contributed by atoms with E-state index in [1.807, 2.05) is 17.5 Å². The second-order valence-corrected chi connectivity index (χ2v) is 8.15. The number of hydrogen-bond donors (Lipinski definition) is 2. The van der Waals surface area contributed by atoms with Gasteiger partial charge in [0.25, 0.3) is 15.9 Å². The van der Waals surface area contributed by atoms with Gasteiger partial charge in [0, 0.05) is 4.88 Å². The van der Waals surface area contributed by atoms with Gasteiger partial charge in [-0.2, -0.15) is 0 Å². The smallest absolute Gasteiger partial charge is 0.287 e. The summed E-state index contributed by atoms with van der Waals surface area (Å²) in [7, 11) is -3.95. The standard InChI is InChI=1S/C15H18N2O4S2/c16-23(19,20)13-8-7-11(21-13)15(18)17-14(10-4-1-2-5-10)12-6-3-9-22-12/h3,6-10,14H,1-2,4-5H2,(H,17,18)(H2,16,19,20)/t14-/m1/s1. The van der Waals surface area contributed by atoms with Crippen molar-refractivity contribution < 1.29 is 17.6 Å².